The number of ether oxygens (including phenoxy) is 3. The Bertz CT molecular complexity index is 989. The fraction of sp³-hybridized carbons (Fsp3) is 0.873. The first-order valence-electron chi connectivity index (χ1n) is 26.8. The normalized spacial score (nSPS) is 12.1. The van der Waals surface area contributed by atoms with Gasteiger partial charge in [0.1, 0.15) is 13.2 Å². The Balaban J connectivity index is 4.28. The number of hydrogen-bond donors (Lipinski definition) is 0. The smallest absolute Gasteiger partial charge is 0.306 e. The molecule has 6 heteroatoms. The molecule has 0 aromatic rings. The summed E-state index contributed by atoms with van der Waals surface area (Å²) in [5, 5.41) is 0. The molecule has 0 aliphatic rings. The van der Waals surface area contributed by atoms with Gasteiger partial charge in [-0.1, -0.05) is 225 Å². The van der Waals surface area contributed by atoms with Crippen molar-refractivity contribution in [1.29, 1.82) is 0 Å². The van der Waals surface area contributed by atoms with E-state index in [1.165, 1.54) is 186 Å². The van der Waals surface area contributed by atoms with Crippen LogP contribution < -0.4 is 0 Å². The van der Waals surface area contributed by atoms with Gasteiger partial charge in [0.25, 0.3) is 0 Å². The second-order valence-electron chi connectivity index (χ2n) is 18.1. The summed E-state index contributed by atoms with van der Waals surface area (Å²) in [6, 6.07) is 0. The number of carbonyl (C=O) groups excluding carboxylic acids is 3. The minimum absolute atomic E-state index is 0.0727. The van der Waals surface area contributed by atoms with Gasteiger partial charge >= 0.3 is 17.9 Å². The lowest BCUT2D eigenvalue weighted by atomic mass is 10.1. The number of allylic oxidation sites excluding steroid dienone is 4. The van der Waals surface area contributed by atoms with Crippen LogP contribution in [0.3, 0.4) is 0 Å². The van der Waals surface area contributed by atoms with E-state index in [0.717, 1.165) is 64.2 Å². The van der Waals surface area contributed by atoms with Crippen LogP contribution in [0.25, 0.3) is 0 Å². The molecule has 0 aliphatic carbocycles. The van der Waals surface area contributed by atoms with Gasteiger partial charge in [-0.25, -0.2) is 0 Å². The van der Waals surface area contributed by atoms with Crippen molar-refractivity contribution in [2.45, 2.75) is 297 Å². The maximum absolute atomic E-state index is 12.8. The second kappa shape index (κ2) is 50.5. The summed E-state index contributed by atoms with van der Waals surface area (Å²) in [7, 11) is 0. The number of carbonyl (C=O) groups is 3. The minimum atomic E-state index is -0.772. The van der Waals surface area contributed by atoms with Gasteiger partial charge in [-0.15, -0.1) is 0 Å². The molecule has 358 valence electrons. The number of rotatable bonds is 49. The molecule has 0 spiro atoms. The van der Waals surface area contributed by atoms with Crippen LogP contribution in [-0.2, 0) is 28.6 Å². The van der Waals surface area contributed by atoms with Crippen LogP contribution in [0.1, 0.15) is 290 Å². The predicted octanol–water partition coefficient (Wildman–Crippen LogP) is 17.5. The molecule has 0 amide bonds. The first-order chi connectivity index (χ1) is 30.0. The summed E-state index contributed by atoms with van der Waals surface area (Å²) in [4.78, 5) is 37.9. The highest BCUT2D eigenvalue weighted by Gasteiger charge is 2.19. The SMILES string of the molecule is CCCCCCCC/C=C\CCCCCCCC(=O)O[C@@H](COC(=O)CCCCCCCCC/C=C\CCCCCCCCCC)COC(=O)CCCCCCCCCCC. The number of hydrogen-bond acceptors (Lipinski definition) is 6. The van der Waals surface area contributed by atoms with Crippen molar-refractivity contribution in [3.63, 3.8) is 0 Å². The van der Waals surface area contributed by atoms with E-state index in [2.05, 4.69) is 45.1 Å². The maximum atomic E-state index is 12.8. The van der Waals surface area contributed by atoms with Crippen LogP contribution in [0.15, 0.2) is 24.3 Å². The summed E-state index contributed by atoms with van der Waals surface area (Å²) >= 11 is 0. The highest BCUT2D eigenvalue weighted by atomic mass is 16.6. The van der Waals surface area contributed by atoms with Crippen molar-refractivity contribution >= 4 is 17.9 Å². The lowest BCUT2D eigenvalue weighted by Crippen LogP contribution is -2.30. The minimum Gasteiger partial charge on any atom is -0.462 e. The summed E-state index contributed by atoms with van der Waals surface area (Å²) in [6.45, 7) is 6.63. The summed E-state index contributed by atoms with van der Waals surface area (Å²) in [6.07, 6.45) is 57.4. The fourth-order valence-corrected chi connectivity index (χ4v) is 7.84. The summed E-state index contributed by atoms with van der Waals surface area (Å²) in [5.41, 5.74) is 0. The predicted molar refractivity (Wildman–Crippen MR) is 261 cm³/mol. The van der Waals surface area contributed by atoms with Gasteiger partial charge in [0.2, 0.25) is 0 Å². The lowest BCUT2D eigenvalue weighted by Gasteiger charge is -2.18. The Morgan fingerprint density at radius 2 is 0.541 bits per heavy atom. The van der Waals surface area contributed by atoms with Crippen molar-refractivity contribution in [3.8, 4) is 0 Å². The molecule has 61 heavy (non-hydrogen) atoms. The number of esters is 3. The Hall–Kier alpha value is -2.11. The van der Waals surface area contributed by atoms with Crippen molar-refractivity contribution in [3.05, 3.63) is 24.3 Å². The molecule has 0 aromatic heterocycles. The molecule has 0 rings (SSSR count). The zero-order valence-corrected chi connectivity index (χ0v) is 40.9. The van der Waals surface area contributed by atoms with Crippen molar-refractivity contribution in [2.75, 3.05) is 13.2 Å². The molecule has 0 unspecified atom stereocenters. The average Bonchev–Trinajstić information content (AvgIpc) is 3.26. The monoisotopic (exact) mass is 859 g/mol. The van der Waals surface area contributed by atoms with Crippen LogP contribution >= 0.6 is 0 Å². The van der Waals surface area contributed by atoms with Crippen LogP contribution in [0.2, 0.25) is 0 Å². The summed E-state index contributed by atoms with van der Waals surface area (Å²) in [5.74, 6) is -0.875. The molecule has 0 N–H and O–H groups in total. The van der Waals surface area contributed by atoms with E-state index in [1.54, 1.807) is 0 Å². The van der Waals surface area contributed by atoms with E-state index in [9.17, 15) is 14.4 Å². The third kappa shape index (κ3) is 48.8. The van der Waals surface area contributed by atoms with Gasteiger partial charge in [0, 0.05) is 19.3 Å². The van der Waals surface area contributed by atoms with E-state index in [0.29, 0.717) is 19.3 Å². The molecule has 0 radical (unpaired) electrons. The van der Waals surface area contributed by atoms with Gasteiger partial charge < -0.3 is 14.2 Å². The Morgan fingerprint density at radius 1 is 0.311 bits per heavy atom. The summed E-state index contributed by atoms with van der Waals surface area (Å²) < 4.78 is 16.8. The zero-order valence-electron chi connectivity index (χ0n) is 40.9. The molecular weight excluding hydrogens is 757 g/mol. The zero-order chi connectivity index (χ0) is 44.4. The van der Waals surface area contributed by atoms with Crippen molar-refractivity contribution < 1.29 is 28.6 Å². The third-order valence-corrected chi connectivity index (χ3v) is 11.9. The Kier molecular flexibility index (Phi) is 48.8. The van der Waals surface area contributed by atoms with E-state index in [4.69, 9.17) is 14.2 Å². The van der Waals surface area contributed by atoms with Crippen LogP contribution in [0.4, 0.5) is 0 Å². The van der Waals surface area contributed by atoms with Crippen molar-refractivity contribution in [2.24, 2.45) is 0 Å². The lowest BCUT2D eigenvalue weighted by molar-refractivity contribution is -0.167. The topological polar surface area (TPSA) is 78.9 Å². The third-order valence-electron chi connectivity index (χ3n) is 11.9. The first kappa shape index (κ1) is 58.9. The standard InChI is InChI=1S/C55H102O6/c1-4-7-10-13-16-19-21-23-25-26-27-28-30-31-33-36-39-42-45-48-54(57)60-51-52(50-59-53(56)47-44-41-38-35-18-15-12-9-6-3)61-55(58)49-46-43-40-37-34-32-29-24-22-20-17-14-11-8-5-2/h24,26-27,29,52H,4-23,25,28,30-51H2,1-3H3/b27-26-,29-24-/t52-/m1/s1. The van der Waals surface area contributed by atoms with Gasteiger partial charge in [-0.05, 0) is 70.6 Å². The molecule has 0 fully saturated rings. The molecule has 0 heterocycles. The van der Waals surface area contributed by atoms with E-state index < -0.39 is 6.10 Å². The molecule has 0 aromatic carbocycles. The van der Waals surface area contributed by atoms with Gasteiger partial charge in [-0.3, -0.25) is 14.4 Å². The molecule has 0 saturated heterocycles. The maximum Gasteiger partial charge on any atom is 0.306 e. The first-order valence-corrected chi connectivity index (χ1v) is 26.8. The molecule has 1 atom stereocenters. The van der Waals surface area contributed by atoms with E-state index in [1.807, 2.05) is 0 Å². The van der Waals surface area contributed by atoms with Crippen LogP contribution in [-0.4, -0.2) is 37.2 Å². The molecule has 0 aliphatic heterocycles. The molecule has 0 bridgehead atoms. The van der Waals surface area contributed by atoms with E-state index in [-0.39, 0.29) is 31.1 Å². The van der Waals surface area contributed by atoms with Crippen LogP contribution in [0.5, 0.6) is 0 Å². The fourth-order valence-electron chi connectivity index (χ4n) is 7.84. The highest BCUT2D eigenvalue weighted by molar-refractivity contribution is 5.71. The quantitative estimate of drug-likeness (QED) is 0.0262. The van der Waals surface area contributed by atoms with Crippen molar-refractivity contribution in [1.82, 2.24) is 0 Å². The Morgan fingerprint density at radius 3 is 0.820 bits per heavy atom. The van der Waals surface area contributed by atoms with Gasteiger partial charge in [0.15, 0.2) is 6.10 Å². The second-order valence-corrected chi connectivity index (χ2v) is 18.1. The number of unbranched alkanes of at least 4 members (excludes halogenated alkanes) is 34. The van der Waals surface area contributed by atoms with Crippen LogP contribution in [0, 0.1) is 0 Å². The molecule has 6 nitrogen and oxygen atoms in total. The largest absolute Gasteiger partial charge is 0.462 e. The molecule has 0 saturated carbocycles. The average molecular weight is 859 g/mol. The Labute approximate surface area is 379 Å². The van der Waals surface area contributed by atoms with Gasteiger partial charge in [-0.2, -0.15) is 0 Å². The van der Waals surface area contributed by atoms with Gasteiger partial charge in [0.05, 0.1) is 0 Å². The molecular formula is C55H102O6. The highest BCUT2D eigenvalue weighted by Crippen LogP contribution is 2.15. The van der Waals surface area contributed by atoms with E-state index >= 15 is 0 Å².